The average molecular weight is 533 g/mol. The Kier molecular flexibility index (Phi) is 6.98. The van der Waals surface area contributed by atoms with Gasteiger partial charge in [0.05, 0.1) is 11.4 Å². The Bertz CT molecular complexity index is 1220. The fourth-order valence-corrected chi connectivity index (χ4v) is 4.42. The molecule has 0 bridgehead atoms. The summed E-state index contributed by atoms with van der Waals surface area (Å²) >= 11 is 10.2. The predicted octanol–water partition coefficient (Wildman–Crippen LogP) is 7.06. The summed E-state index contributed by atoms with van der Waals surface area (Å²) in [5.74, 6) is -0.259. The molecule has 0 radical (unpaired) electrons. The summed E-state index contributed by atoms with van der Waals surface area (Å²) in [7, 11) is 0. The molecule has 3 aromatic rings. The smallest absolute Gasteiger partial charge is 0.293 e. The number of carbonyl (C=O) groups is 2. The van der Waals surface area contributed by atoms with E-state index in [0.29, 0.717) is 21.9 Å². The first-order valence-electron chi connectivity index (χ1n) is 9.56. The van der Waals surface area contributed by atoms with Crippen LogP contribution in [-0.4, -0.2) is 16.0 Å². The van der Waals surface area contributed by atoms with Crippen LogP contribution in [0.4, 0.5) is 9.18 Å². The number of rotatable bonds is 6. The zero-order valence-corrected chi connectivity index (χ0v) is 19.7. The summed E-state index contributed by atoms with van der Waals surface area (Å²) < 4.78 is 20.5. The molecule has 0 aromatic heterocycles. The largest absolute Gasteiger partial charge is 0.488 e. The van der Waals surface area contributed by atoms with E-state index < -0.39 is 0 Å². The van der Waals surface area contributed by atoms with E-state index in [2.05, 4.69) is 15.9 Å². The number of thioether (sulfide) groups is 1. The minimum Gasteiger partial charge on any atom is -0.488 e. The second kappa shape index (κ2) is 9.90. The van der Waals surface area contributed by atoms with Gasteiger partial charge in [-0.05, 0) is 59.8 Å². The summed E-state index contributed by atoms with van der Waals surface area (Å²) in [4.78, 5) is 26.9. The monoisotopic (exact) mass is 531 g/mol. The molecule has 0 N–H and O–H groups in total. The van der Waals surface area contributed by atoms with Gasteiger partial charge in [-0.3, -0.25) is 14.5 Å². The van der Waals surface area contributed by atoms with Crippen molar-refractivity contribution in [2.45, 2.75) is 13.2 Å². The zero-order valence-electron chi connectivity index (χ0n) is 16.6. The SMILES string of the molecule is O=C1SC(=Cc2cc(Br)ccc2OCc2ccccc2F)C(=O)N1Cc1ccc(Cl)cc1. The highest BCUT2D eigenvalue weighted by atomic mass is 79.9. The molecule has 1 saturated heterocycles. The van der Waals surface area contributed by atoms with Crippen LogP contribution < -0.4 is 4.74 Å². The number of hydrogen-bond donors (Lipinski definition) is 0. The molecule has 1 aliphatic rings. The molecule has 0 spiro atoms. The van der Waals surface area contributed by atoms with Crippen LogP contribution >= 0.6 is 39.3 Å². The molecule has 32 heavy (non-hydrogen) atoms. The maximum atomic E-state index is 13.9. The molecule has 2 amide bonds. The van der Waals surface area contributed by atoms with Gasteiger partial charge in [-0.2, -0.15) is 0 Å². The number of amides is 2. The van der Waals surface area contributed by atoms with Crippen LogP contribution in [0.2, 0.25) is 5.02 Å². The fraction of sp³-hybridized carbons (Fsp3) is 0.0833. The van der Waals surface area contributed by atoms with Gasteiger partial charge in [0.25, 0.3) is 11.1 Å². The average Bonchev–Trinajstić information content (AvgIpc) is 3.03. The van der Waals surface area contributed by atoms with Crippen molar-refractivity contribution in [2.24, 2.45) is 0 Å². The first-order chi connectivity index (χ1) is 15.4. The molecule has 0 atom stereocenters. The molecular weight excluding hydrogens is 517 g/mol. The molecule has 0 aliphatic carbocycles. The van der Waals surface area contributed by atoms with E-state index in [9.17, 15) is 14.0 Å². The van der Waals surface area contributed by atoms with E-state index in [-0.39, 0.29) is 35.0 Å². The van der Waals surface area contributed by atoms with Gasteiger partial charge in [0.15, 0.2) is 0 Å². The minimum atomic E-state index is -0.380. The zero-order chi connectivity index (χ0) is 22.7. The van der Waals surface area contributed by atoms with Crippen molar-refractivity contribution in [3.63, 3.8) is 0 Å². The summed E-state index contributed by atoms with van der Waals surface area (Å²) in [5, 5.41) is 0.236. The van der Waals surface area contributed by atoms with E-state index in [4.69, 9.17) is 16.3 Å². The predicted molar refractivity (Wildman–Crippen MR) is 128 cm³/mol. The van der Waals surface area contributed by atoms with Crippen molar-refractivity contribution in [1.29, 1.82) is 0 Å². The molecule has 1 heterocycles. The quantitative estimate of drug-likeness (QED) is 0.319. The third kappa shape index (κ3) is 5.23. The van der Waals surface area contributed by atoms with Gasteiger partial charge in [0.1, 0.15) is 18.2 Å². The van der Waals surface area contributed by atoms with Gasteiger partial charge in [-0.15, -0.1) is 0 Å². The van der Waals surface area contributed by atoms with Crippen LogP contribution in [0.15, 0.2) is 76.1 Å². The van der Waals surface area contributed by atoms with Crippen LogP contribution in [-0.2, 0) is 17.9 Å². The molecule has 3 aromatic carbocycles. The van der Waals surface area contributed by atoms with E-state index in [1.165, 1.54) is 11.0 Å². The Morgan fingerprint density at radius 2 is 1.81 bits per heavy atom. The van der Waals surface area contributed by atoms with E-state index in [1.807, 2.05) is 0 Å². The number of imide groups is 1. The van der Waals surface area contributed by atoms with Crippen molar-refractivity contribution < 1.29 is 18.7 Å². The Balaban J connectivity index is 1.55. The second-order valence-electron chi connectivity index (χ2n) is 6.96. The third-order valence-corrected chi connectivity index (χ3v) is 6.38. The Morgan fingerprint density at radius 3 is 2.56 bits per heavy atom. The molecule has 1 aliphatic heterocycles. The summed E-state index contributed by atoms with van der Waals surface area (Å²) in [5.41, 5.74) is 1.83. The number of hydrogen-bond acceptors (Lipinski definition) is 4. The maximum absolute atomic E-state index is 13.9. The standard InChI is InChI=1S/C24H16BrClFNO3S/c25-18-7-10-21(31-14-16-3-1-2-4-20(16)27)17(11-18)12-22-23(29)28(24(30)32-22)13-15-5-8-19(26)9-6-15/h1-12H,13-14H2. The van der Waals surface area contributed by atoms with E-state index >= 15 is 0 Å². The van der Waals surface area contributed by atoms with Crippen molar-refractivity contribution in [3.8, 4) is 5.75 Å². The Morgan fingerprint density at radius 1 is 1.06 bits per heavy atom. The van der Waals surface area contributed by atoms with Crippen LogP contribution in [0, 0.1) is 5.82 Å². The van der Waals surface area contributed by atoms with Crippen LogP contribution in [0.5, 0.6) is 5.75 Å². The number of nitrogens with zero attached hydrogens (tertiary/aromatic N) is 1. The highest BCUT2D eigenvalue weighted by molar-refractivity contribution is 9.10. The first kappa shape index (κ1) is 22.6. The van der Waals surface area contributed by atoms with Crippen LogP contribution in [0.1, 0.15) is 16.7 Å². The normalized spacial score (nSPS) is 15.0. The lowest BCUT2D eigenvalue weighted by Crippen LogP contribution is -2.27. The van der Waals surface area contributed by atoms with Crippen LogP contribution in [0.25, 0.3) is 6.08 Å². The molecule has 8 heteroatoms. The molecule has 0 unspecified atom stereocenters. The van der Waals surface area contributed by atoms with Crippen molar-refractivity contribution in [2.75, 3.05) is 0 Å². The van der Waals surface area contributed by atoms with Crippen molar-refractivity contribution in [1.82, 2.24) is 4.90 Å². The summed E-state index contributed by atoms with van der Waals surface area (Å²) in [6.07, 6.45) is 1.62. The van der Waals surface area contributed by atoms with E-state index in [1.54, 1.807) is 66.7 Å². The molecule has 4 nitrogen and oxygen atoms in total. The van der Waals surface area contributed by atoms with Gasteiger partial charge in [-0.1, -0.05) is 57.9 Å². The molecule has 4 rings (SSSR count). The highest BCUT2D eigenvalue weighted by Gasteiger charge is 2.35. The van der Waals surface area contributed by atoms with Crippen molar-refractivity contribution in [3.05, 3.63) is 104 Å². The Labute approximate surface area is 202 Å². The lowest BCUT2D eigenvalue weighted by atomic mass is 10.1. The lowest BCUT2D eigenvalue weighted by molar-refractivity contribution is -0.123. The minimum absolute atomic E-state index is 0.0349. The fourth-order valence-electron chi connectivity index (χ4n) is 3.08. The summed E-state index contributed by atoms with van der Waals surface area (Å²) in [6.45, 7) is 0.196. The molecule has 0 saturated carbocycles. The maximum Gasteiger partial charge on any atom is 0.293 e. The van der Waals surface area contributed by atoms with Gasteiger partial charge >= 0.3 is 0 Å². The molecule has 1 fully saturated rings. The number of benzene rings is 3. The van der Waals surface area contributed by atoms with Gasteiger partial charge in [0, 0.05) is 20.6 Å². The van der Waals surface area contributed by atoms with Crippen LogP contribution in [0.3, 0.4) is 0 Å². The lowest BCUT2D eigenvalue weighted by Gasteiger charge is -2.13. The summed E-state index contributed by atoms with van der Waals surface area (Å²) in [6, 6.07) is 18.7. The second-order valence-corrected chi connectivity index (χ2v) is 9.30. The van der Waals surface area contributed by atoms with Crippen molar-refractivity contribution >= 4 is 56.5 Å². The Hall–Kier alpha value is -2.61. The third-order valence-electron chi connectivity index (χ3n) is 4.73. The molecule has 162 valence electrons. The first-order valence-corrected chi connectivity index (χ1v) is 11.5. The highest BCUT2D eigenvalue weighted by Crippen LogP contribution is 2.36. The van der Waals surface area contributed by atoms with Gasteiger partial charge in [0.2, 0.25) is 0 Å². The van der Waals surface area contributed by atoms with Gasteiger partial charge < -0.3 is 4.74 Å². The molecular formula is C24H16BrClFNO3S. The van der Waals surface area contributed by atoms with Gasteiger partial charge in [-0.25, -0.2) is 4.39 Å². The topological polar surface area (TPSA) is 46.6 Å². The van der Waals surface area contributed by atoms with E-state index in [0.717, 1.165) is 21.8 Å². The number of halogens is 3. The number of ether oxygens (including phenoxy) is 1. The number of carbonyl (C=O) groups excluding carboxylic acids is 2.